The summed E-state index contributed by atoms with van der Waals surface area (Å²) < 4.78 is 0. The minimum absolute atomic E-state index is 0.806. The van der Waals surface area contributed by atoms with E-state index in [0.717, 1.165) is 18.7 Å². The van der Waals surface area contributed by atoms with Crippen molar-refractivity contribution in [1.29, 1.82) is 0 Å². The molecule has 0 saturated heterocycles. The third kappa shape index (κ3) is 10.7. The van der Waals surface area contributed by atoms with Crippen LogP contribution in [0.4, 0.5) is 0 Å². The quantitative estimate of drug-likeness (QED) is 0.643. The van der Waals surface area contributed by atoms with Crippen LogP contribution in [0.5, 0.6) is 0 Å². The Morgan fingerprint density at radius 1 is 1.33 bits per heavy atom. The predicted octanol–water partition coefficient (Wildman–Crippen LogP) is 4.21. The van der Waals surface area contributed by atoms with Crippen LogP contribution < -0.4 is 5.32 Å². The highest BCUT2D eigenvalue weighted by Crippen LogP contribution is 1.97. The molecule has 0 fully saturated rings. The minimum Gasteiger partial charge on any atom is -0.385 e. The van der Waals surface area contributed by atoms with E-state index in [0.29, 0.717) is 0 Å². The number of hydrogen-bond acceptors (Lipinski definition) is 1. The van der Waals surface area contributed by atoms with E-state index < -0.39 is 0 Å². The maximum atomic E-state index is 3.87. The van der Waals surface area contributed by atoms with Gasteiger partial charge in [0.2, 0.25) is 0 Å². The maximum absolute atomic E-state index is 3.87. The first-order chi connectivity index (χ1) is 7.24. The van der Waals surface area contributed by atoms with Gasteiger partial charge in [0.25, 0.3) is 0 Å². The summed E-state index contributed by atoms with van der Waals surface area (Å²) in [5.41, 5.74) is 2.24. The molecule has 0 heterocycles. The zero-order valence-electron chi connectivity index (χ0n) is 10.6. The largest absolute Gasteiger partial charge is 0.385 e. The Morgan fingerprint density at radius 3 is 2.33 bits per heavy atom. The van der Waals surface area contributed by atoms with E-state index in [9.17, 15) is 0 Å². The molecule has 0 aliphatic carbocycles. The molecule has 0 radical (unpaired) electrons. The summed E-state index contributed by atoms with van der Waals surface area (Å²) in [5.74, 6) is 0. The lowest BCUT2D eigenvalue weighted by Crippen LogP contribution is -2.14. The van der Waals surface area contributed by atoms with Crippen molar-refractivity contribution >= 4 is 0 Å². The zero-order chi connectivity index (χ0) is 12.1. The molecule has 0 aliphatic rings. The first kappa shape index (κ1) is 16.2. The fourth-order valence-electron chi connectivity index (χ4n) is 0.771. The van der Waals surface area contributed by atoms with E-state index in [2.05, 4.69) is 25.4 Å². The van der Waals surface area contributed by atoms with Gasteiger partial charge >= 0.3 is 0 Å². The molecule has 86 valence electrons. The van der Waals surface area contributed by atoms with Gasteiger partial charge in [-0.15, -0.1) is 0 Å². The van der Waals surface area contributed by atoms with Gasteiger partial charge in [-0.3, -0.25) is 0 Å². The average Bonchev–Trinajstić information content (AvgIpc) is 2.31. The highest BCUT2D eigenvalue weighted by molar-refractivity contribution is 5.24. The van der Waals surface area contributed by atoms with E-state index in [1.165, 1.54) is 5.57 Å². The normalized spacial score (nSPS) is 10.5. The Morgan fingerprint density at radius 2 is 1.93 bits per heavy atom. The monoisotopic (exact) mass is 207 g/mol. The molecule has 0 saturated carbocycles. The number of hydrogen-bond donors (Lipinski definition) is 1. The second-order valence-corrected chi connectivity index (χ2v) is 2.78. The third-order valence-electron chi connectivity index (χ3n) is 1.73. The summed E-state index contributed by atoms with van der Waals surface area (Å²) in [5, 5.41) is 3.22. The molecule has 0 spiro atoms. The molecule has 0 atom stereocenters. The summed E-state index contributed by atoms with van der Waals surface area (Å²) in [6.07, 6.45) is 8.87. The zero-order valence-corrected chi connectivity index (χ0v) is 10.6. The fourth-order valence-corrected chi connectivity index (χ4v) is 0.771. The van der Waals surface area contributed by atoms with Crippen molar-refractivity contribution in [2.24, 2.45) is 0 Å². The Balaban J connectivity index is 0. The molecule has 0 unspecified atom stereocenters. The van der Waals surface area contributed by atoms with Gasteiger partial charge in [-0.1, -0.05) is 58.2 Å². The molecular weight excluding hydrogens is 182 g/mol. The summed E-state index contributed by atoms with van der Waals surface area (Å²) >= 11 is 0. The maximum Gasteiger partial charge on any atom is 0.0397 e. The van der Waals surface area contributed by atoms with E-state index >= 15 is 0 Å². The van der Waals surface area contributed by atoms with E-state index in [1.807, 2.05) is 45.1 Å². The van der Waals surface area contributed by atoms with Gasteiger partial charge < -0.3 is 5.32 Å². The second-order valence-electron chi connectivity index (χ2n) is 2.78. The Labute approximate surface area is 95.3 Å². The summed E-state index contributed by atoms with van der Waals surface area (Å²) in [7, 11) is 0. The summed E-state index contributed by atoms with van der Waals surface area (Å²) in [6, 6.07) is 0. The molecule has 0 aromatic heterocycles. The molecule has 0 rings (SSSR count). The van der Waals surface area contributed by atoms with Crippen molar-refractivity contribution in [3.05, 3.63) is 48.7 Å². The van der Waals surface area contributed by atoms with Crippen LogP contribution in [-0.4, -0.2) is 6.54 Å². The molecule has 1 N–H and O–H groups in total. The molecular formula is C14H25N. The van der Waals surface area contributed by atoms with Crippen LogP contribution in [0.3, 0.4) is 0 Å². The van der Waals surface area contributed by atoms with Crippen molar-refractivity contribution in [2.75, 3.05) is 6.54 Å². The topological polar surface area (TPSA) is 12.0 Å². The lowest BCUT2D eigenvalue weighted by atomic mass is 10.2. The molecule has 1 heteroatoms. The van der Waals surface area contributed by atoms with Crippen molar-refractivity contribution in [3.8, 4) is 0 Å². The Hall–Kier alpha value is -1.24. The van der Waals surface area contributed by atoms with Crippen LogP contribution >= 0.6 is 0 Å². The minimum atomic E-state index is 0.806. The highest BCUT2D eigenvalue weighted by atomic mass is 14.9. The lowest BCUT2D eigenvalue weighted by Gasteiger charge is -2.07. The van der Waals surface area contributed by atoms with Crippen LogP contribution in [0.25, 0.3) is 0 Å². The standard InChI is InChI=1S/C12H19N.C2H6/c1-5-8-9-12(7-3)10-13-11(4)6-2;1-2/h5,7-9,13H,3-4,6,10H2,1-2H3;1-2H3/b8-5-,12-9+;. The van der Waals surface area contributed by atoms with Gasteiger partial charge in [0, 0.05) is 12.2 Å². The van der Waals surface area contributed by atoms with Crippen molar-refractivity contribution in [1.82, 2.24) is 5.32 Å². The molecule has 0 aromatic rings. The van der Waals surface area contributed by atoms with Crippen LogP contribution in [-0.2, 0) is 0 Å². The summed E-state index contributed by atoms with van der Waals surface area (Å²) in [6.45, 7) is 16.5. The van der Waals surface area contributed by atoms with Crippen molar-refractivity contribution < 1.29 is 0 Å². The average molecular weight is 207 g/mol. The highest BCUT2D eigenvalue weighted by Gasteiger charge is 1.90. The SMILES string of the molecule is C=C/C(=C\C=C/C)CNC(=C)CC.CC. The van der Waals surface area contributed by atoms with Gasteiger partial charge in [-0.2, -0.15) is 0 Å². The number of nitrogens with one attached hydrogen (secondary N) is 1. The van der Waals surface area contributed by atoms with Gasteiger partial charge in [0.05, 0.1) is 0 Å². The van der Waals surface area contributed by atoms with Gasteiger partial charge in [0.15, 0.2) is 0 Å². The molecule has 0 aliphatic heterocycles. The lowest BCUT2D eigenvalue weighted by molar-refractivity contribution is 0.835. The molecule has 0 aromatic carbocycles. The second kappa shape index (κ2) is 12.8. The Bertz CT molecular complexity index is 221. The number of rotatable bonds is 6. The van der Waals surface area contributed by atoms with Gasteiger partial charge in [-0.05, 0) is 18.9 Å². The van der Waals surface area contributed by atoms with Crippen LogP contribution in [0, 0.1) is 0 Å². The smallest absolute Gasteiger partial charge is 0.0397 e. The van der Waals surface area contributed by atoms with E-state index in [4.69, 9.17) is 0 Å². The molecule has 1 nitrogen and oxygen atoms in total. The first-order valence-electron chi connectivity index (χ1n) is 5.60. The molecule has 15 heavy (non-hydrogen) atoms. The summed E-state index contributed by atoms with van der Waals surface area (Å²) in [4.78, 5) is 0. The van der Waals surface area contributed by atoms with E-state index in [1.54, 1.807) is 0 Å². The fraction of sp³-hybridized carbons (Fsp3) is 0.429. The first-order valence-corrected chi connectivity index (χ1v) is 5.60. The van der Waals surface area contributed by atoms with Gasteiger partial charge in [0.1, 0.15) is 0 Å². The van der Waals surface area contributed by atoms with Crippen LogP contribution in [0.2, 0.25) is 0 Å². The molecule has 0 amide bonds. The molecule has 0 bridgehead atoms. The van der Waals surface area contributed by atoms with Gasteiger partial charge in [-0.25, -0.2) is 0 Å². The van der Waals surface area contributed by atoms with Crippen molar-refractivity contribution in [2.45, 2.75) is 34.1 Å². The van der Waals surface area contributed by atoms with E-state index in [-0.39, 0.29) is 0 Å². The van der Waals surface area contributed by atoms with Crippen molar-refractivity contribution in [3.63, 3.8) is 0 Å². The van der Waals surface area contributed by atoms with Crippen LogP contribution in [0.15, 0.2) is 48.7 Å². The number of allylic oxidation sites excluding steroid dienone is 4. The third-order valence-corrected chi connectivity index (χ3v) is 1.73. The van der Waals surface area contributed by atoms with Crippen LogP contribution in [0.1, 0.15) is 34.1 Å². The predicted molar refractivity (Wildman–Crippen MR) is 71.9 cm³/mol. The Kier molecular flexibility index (Phi) is 13.8.